The maximum absolute atomic E-state index is 9.34. The standard InChI is InChI=1S/C17H11BrN2/c18-10-12-5-7-13(8-6-12)17-15(11-19)9-14-3-1-2-4-16(14)20-17/h1-9H,10H2. The quantitative estimate of drug-likeness (QED) is 0.643. The van der Waals surface area contributed by atoms with Crippen LogP contribution >= 0.6 is 15.9 Å². The van der Waals surface area contributed by atoms with E-state index in [0.717, 1.165) is 27.5 Å². The van der Waals surface area contributed by atoms with Crippen LogP contribution in [0.15, 0.2) is 54.6 Å². The number of halogens is 1. The van der Waals surface area contributed by atoms with Crippen LogP contribution in [0.5, 0.6) is 0 Å². The van der Waals surface area contributed by atoms with Gasteiger partial charge in [-0.15, -0.1) is 0 Å². The second-order valence-electron chi connectivity index (χ2n) is 4.52. The number of pyridine rings is 1. The van der Waals surface area contributed by atoms with Gasteiger partial charge in [0.1, 0.15) is 6.07 Å². The van der Waals surface area contributed by atoms with Crippen molar-refractivity contribution in [1.29, 1.82) is 5.26 Å². The van der Waals surface area contributed by atoms with Crippen LogP contribution in [0.25, 0.3) is 22.2 Å². The molecule has 0 unspecified atom stereocenters. The minimum atomic E-state index is 0.607. The molecule has 3 heteroatoms. The van der Waals surface area contributed by atoms with Gasteiger partial charge in [0.05, 0.1) is 16.8 Å². The van der Waals surface area contributed by atoms with Gasteiger partial charge >= 0.3 is 0 Å². The lowest BCUT2D eigenvalue weighted by Gasteiger charge is -2.06. The van der Waals surface area contributed by atoms with E-state index in [0.29, 0.717) is 5.56 Å². The lowest BCUT2D eigenvalue weighted by atomic mass is 10.0. The first kappa shape index (κ1) is 12.8. The summed E-state index contributed by atoms with van der Waals surface area (Å²) in [7, 11) is 0. The lowest BCUT2D eigenvalue weighted by Crippen LogP contribution is -1.91. The Morgan fingerprint density at radius 2 is 1.80 bits per heavy atom. The molecule has 2 aromatic carbocycles. The van der Waals surface area contributed by atoms with Gasteiger partial charge in [0.15, 0.2) is 0 Å². The number of aromatic nitrogens is 1. The van der Waals surface area contributed by atoms with Gasteiger partial charge in [-0.1, -0.05) is 58.4 Å². The summed E-state index contributed by atoms with van der Waals surface area (Å²) in [5.41, 5.74) is 4.43. The summed E-state index contributed by atoms with van der Waals surface area (Å²) in [5.74, 6) is 0. The number of para-hydroxylation sites is 1. The van der Waals surface area contributed by atoms with E-state index in [-0.39, 0.29) is 0 Å². The summed E-state index contributed by atoms with van der Waals surface area (Å²) in [6.07, 6.45) is 0. The van der Waals surface area contributed by atoms with E-state index >= 15 is 0 Å². The third-order valence-electron chi connectivity index (χ3n) is 3.23. The van der Waals surface area contributed by atoms with Crippen LogP contribution in [0.4, 0.5) is 0 Å². The average Bonchev–Trinajstić information content (AvgIpc) is 2.53. The second-order valence-corrected chi connectivity index (χ2v) is 5.08. The van der Waals surface area contributed by atoms with Crippen molar-refractivity contribution in [3.8, 4) is 17.3 Å². The van der Waals surface area contributed by atoms with Crippen molar-refractivity contribution < 1.29 is 0 Å². The maximum Gasteiger partial charge on any atom is 0.101 e. The fourth-order valence-electron chi connectivity index (χ4n) is 2.17. The molecule has 1 heterocycles. The monoisotopic (exact) mass is 322 g/mol. The zero-order valence-corrected chi connectivity index (χ0v) is 12.3. The molecule has 0 N–H and O–H groups in total. The highest BCUT2D eigenvalue weighted by molar-refractivity contribution is 9.08. The number of hydrogen-bond donors (Lipinski definition) is 0. The Bertz CT molecular complexity index is 801. The van der Waals surface area contributed by atoms with E-state index in [1.54, 1.807) is 0 Å². The molecule has 1 aromatic heterocycles. The number of nitrogens with zero attached hydrogens (tertiary/aromatic N) is 2. The fraction of sp³-hybridized carbons (Fsp3) is 0.0588. The number of benzene rings is 2. The highest BCUT2D eigenvalue weighted by atomic mass is 79.9. The second kappa shape index (κ2) is 5.44. The Hall–Kier alpha value is -2.18. The maximum atomic E-state index is 9.34. The summed E-state index contributed by atoms with van der Waals surface area (Å²) in [6, 6.07) is 20.1. The average molecular weight is 323 g/mol. The van der Waals surface area contributed by atoms with Crippen LogP contribution in [-0.2, 0) is 5.33 Å². The summed E-state index contributed by atoms with van der Waals surface area (Å²) in [5, 5.41) is 11.2. The molecule has 96 valence electrons. The highest BCUT2D eigenvalue weighted by Gasteiger charge is 2.08. The van der Waals surface area contributed by atoms with E-state index in [1.807, 2.05) is 54.6 Å². The predicted molar refractivity (Wildman–Crippen MR) is 84.5 cm³/mol. The molecule has 0 aliphatic rings. The van der Waals surface area contributed by atoms with E-state index < -0.39 is 0 Å². The minimum Gasteiger partial charge on any atom is -0.246 e. The van der Waals surface area contributed by atoms with E-state index in [4.69, 9.17) is 0 Å². The molecular formula is C17H11BrN2. The fourth-order valence-corrected chi connectivity index (χ4v) is 2.55. The van der Waals surface area contributed by atoms with Crippen LogP contribution in [0, 0.1) is 11.3 Å². The van der Waals surface area contributed by atoms with E-state index in [1.165, 1.54) is 5.56 Å². The van der Waals surface area contributed by atoms with Crippen molar-refractivity contribution in [3.63, 3.8) is 0 Å². The molecule has 2 nitrogen and oxygen atoms in total. The van der Waals surface area contributed by atoms with Gasteiger partial charge in [-0.3, -0.25) is 0 Å². The van der Waals surface area contributed by atoms with Crippen molar-refractivity contribution in [2.75, 3.05) is 0 Å². The highest BCUT2D eigenvalue weighted by Crippen LogP contribution is 2.25. The van der Waals surface area contributed by atoms with Crippen molar-refractivity contribution in [1.82, 2.24) is 4.98 Å². The molecule has 0 saturated heterocycles. The third kappa shape index (κ3) is 2.31. The van der Waals surface area contributed by atoms with Crippen LogP contribution in [0.3, 0.4) is 0 Å². The Labute approximate surface area is 125 Å². The molecule has 0 saturated carbocycles. The van der Waals surface area contributed by atoms with Crippen molar-refractivity contribution in [2.24, 2.45) is 0 Å². The topological polar surface area (TPSA) is 36.7 Å². The molecule has 0 atom stereocenters. The normalized spacial score (nSPS) is 10.4. The van der Waals surface area contributed by atoms with E-state index in [2.05, 4.69) is 27.0 Å². The predicted octanol–water partition coefficient (Wildman–Crippen LogP) is 4.67. The summed E-state index contributed by atoms with van der Waals surface area (Å²) < 4.78 is 0. The van der Waals surface area contributed by atoms with Crippen LogP contribution in [0.1, 0.15) is 11.1 Å². The van der Waals surface area contributed by atoms with Gasteiger partial charge in [-0.2, -0.15) is 5.26 Å². The molecule has 0 amide bonds. The van der Waals surface area contributed by atoms with E-state index in [9.17, 15) is 5.26 Å². The van der Waals surface area contributed by atoms with Crippen LogP contribution in [0.2, 0.25) is 0 Å². The SMILES string of the molecule is N#Cc1cc2ccccc2nc1-c1ccc(CBr)cc1. The zero-order chi connectivity index (χ0) is 13.9. The van der Waals surface area contributed by atoms with Crippen molar-refractivity contribution in [2.45, 2.75) is 5.33 Å². The Morgan fingerprint density at radius 1 is 1.05 bits per heavy atom. The van der Waals surface area contributed by atoms with Gasteiger partial charge in [0.25, 0.3) is 0 Å². The van der Waals surface area contributed by atoms with Crippen molar-refractivity contribution >= 4 is 26.8 Å². The molecule has 3 rings (SSSR count). The lowest BCUT2D eigenvalue weighted by molar-refractivity contribution is 1.35. The van der Waals surface area contributed by atoms with Crippen LogP contribution < -0.4 is 0 Å². The first-order valence-electron chi connectivity index (χ1n) is 6.27. The Balaban J connectivity index is 2.20. The molecule has 0 fully saturated rings. The van der Waals surface area contributed by atoms with Gasteiger partial charge < -0.3 is 0 Å². The molecule has 0 aliphatic carbocycles. The smallest absolute Gasteiger partial charge is 0.101 e. The largest absolute Gasteiger partial charge is 0.246 e. The first-order chi connectivity index (χ1) is 9.81. The number of hydrogen-bond acceptors (Lipinski definition) is 2. The van der Waals surface area contributed by atoms with Gasteiger partial charge in [-0.05, 0) is 17.7 Å². The van der Waals surface area contributed by atoms with Gasteiger partial charge in [0.2, 0.25) is 0 Å². The zero-order valence-electron chi connectivity index (χ0n) is 10.7. The number of nitriles is 1. The number of alkyl halides is 1. The molecule has 0 aliphatic heterocycles. The number of fused-ring (bicyclic) bond motifs is 1. The van der Waals surface area contributed by atoms with Gasteiger partial charge in [-0.25, -0.2) is 4.98 Å². The Morgan fingerprint density at radius 3 is 2.50 bits per heavy atom. The molecule has 0 bridgehead atoms. The molecular weight excluding hydrogens is 312 g/mol. The van der Waals surface area contributed by atoms with Crippen molar-refractivity contribution in [3.05, 3.63) is 65.7 Å². The molecule has 20 heavy (non-hydrogen) atoms. The minimum absolute atomic E-state index is 0.607. The third-order valence-corrected chi connectivity index (χ3v) is 3.87. The summed E-state index contributed by atoms with van der Waals surface area (Å²) in [4.78, 5) is 4.64. The van der Waals surface area contributed by atoms with Gasteiger partial charge in [0, 0.05) is 16.3 Å². The Kier molecular flexibility index (Phi) is 3.49. The summed E-state index contributed by atoms with van der Waals surface area (Å²) in [6.45, 7) is 0. The van der Waals surface area contributed by atoms with Crippen LogP contribution in [-0.4, -0.2) is 4.98 Å². The molecule has 0 spiro atoms. The molecule has 0 radical (unpaired) electrons. The first-order valence-corrected chi connectivity index (χ1v) is 7.39. The number of rotatable bonds is 2. The summed E-state index contributed by atoms with van der Waals surface area (Å²) >= 11 is 3.43. The molecule has 3 aromatic rings.